The minimum absolute atomic E-state index is 0.144. The van der Waals surface area contributed by atoms with Gasteiger partial charge in [-0.3, -0.25) is 9.59 Å². The van der Waals surface area contributed by atoms with E-state index in [1.165, 1.54) is 34.7 Å². The molecule has 1 amide bonds. The molecule has 0 aliphatic rings. The summed E-state index contributed by atoms with van der Waals surface area (Å²) in [5.41, 5.74) is 2.60. The SMILES string of the molecule is Cc1c(C(=O)Nc2cnc(-n3nccn3)c(Cl)c2)csc1-c1cccc2c(=O)[nH]ccc12. The number of pyridine rings is 2. The van der Waals surface area contributed by atoms with Gasteiger partial charge in [-0.05, 0) is 36.1 Å². The van der Waals surface area contributed by atoms with E-state index < -0.39 is 0 Å². The smallest absolute Gasteiger partial charge is 0.256 e. The van der Waals surface area contributed by atoms with Crippen LogP contribution in [0.3, 0.4) is 0 Å². The number of carbonyl (C=O) groups is 1. The summed E-state index contributed by atoms with van der Waals surface area (Å²) in [5.74, 6) is 0.0977. The van der Waals surface area contributed by atoms with Crippen LogP contribution < -0.4 is 10.9 Å². The summed E-state index contributed by atoms with van der Waals surface area (Å²) in [6, 6.07) is 9.05. The molecule has 5 rings (SSSR count). The minimum atomic E-state index is -0.272. The van der Waals surface area contributed by atoms with Gasteiger partial charge in [0.15, 0.2) is 5.82 Å². The molecular weight excluding hydrogens is 448 g/mol. The van der Waals surface area contributed by atoms with Crippen molar-refractivity contribution in [2.45, 2.75) is 6.92 Å². The normalized spacial score (nSPS) is 11.1. The third-order valence-corrected chi connectivity index (χ3v) is 6.42. The number of anilines is 1. The molecular formula is C22H15ClN6O2S. The van der Waals surface area contributed by atoms with Crippen LogP contribution in [0.1, 0.15) is 15.9 Å². The van der Waals surface area contributed by atoms with E-state index >= 15 is 0 Å². The Kier molecular flexibility index (Phi) is 5.04. The van der Waals surface area contributed by atoms with Gasteiger partial charge >= 0.3 is 0 Å². The van der Waals surface area contributed by atoms with E-state index in [1.54, 1.807) is 18.3 Å². The third kappa shape index (κ3) is 3.47. The number of nitrogens with zero attached hydrogens (tertiary/aromatic N) is 4. The summed E-state index contributed by atoms with van der Waals surface area (Å²) in [6.07, 6.45) is 6.18. The van der Waals surface area contributed by atoms with Crippen LogP contribution in [0.25, 0.3) is 27.0 Å². The Morgan fingerprint density at radius 1 is 1.19 bits per heavy atom. The van der Waals surface area contributed by atoms with Crippen LogP contribution in [0.15, 0.2) is 65.3 Å². The number of carbonyl (C=O) groups excluding carboxylic acids is 1. The van der Waals surface area contributed by atoms with Crippen molar-refractivity contribution in [3.8, 4) is 16.3 Å². The maximum absolute atomic E-state index is 13.0. The predicted octanol–water partition coefficient (Wildman–Crippen LogP) is 4.45. The average molecular weight is 463 g/mol. The topological polar surface area (TPSA) is 106 Å². The molecule has 0 aliphatic carbocycles. The summed E-state index contributed by atoms with van der Waals surface area (Å²) < 4.78 is 0. The van der Waals surface area contributed by atoms with Crippen LogP contribution >= 0.6 is 22.9 Å². The van der Waals surface area contributed by atoms with Gasteiger partial charge in [0.05, 0.1) is 34.9 Å². The molecule has 2 N–H and O–H groups in total. The fourth-order valence-electron chi connectivity index (χ4n) is 3.50. The van der Waals surface area contributed by atoms with Crippen LogP contribution in [0.2, 0.25) is 5.02 Å². The maximum atomic E-state index is 13.0. The molecule has 158 valence electrons. The van der Waals surface area contributed by atoms with Gasteiger partial charge < -0.3 is 10.3 Å². The van der Waals surface area contributed by atoms with E-state index in [0.29, 0.717) is 27.5 Å². The first kappa shape index (κ1) is 20.1. The number of amides is 1. The number of thiophene rings is 1. The lowest BCUT2D eigenvalue weighted by Gasteiger charge is -2.08. The van der Waals surface area contributed by atoms with Gasteiger partial charge in [0, 0.05) is 27.4 Å². The summed E-state index contributed by atoms with van der Waals surface area (Å²) in [4.78, 5) is 34.3. The highest BCUT2D eigenvalue weighted by Gasteiger charge is 2.18. The fourth-order valence-corrected chi connectivity index (χ4v) is 4.85. The molecule has 0 atom stereocenters. The zero-order chi connectivity index (χ0) is 22.2. The summed E-state index contributed by atoms with van der Waals surface area (Å²) in [5, 5.41) is 14.4. The van der Waals surface area contributed by atoms with Crippen molar-refractivity contribution in [3.63, 3.8) is 0 Å². The quantitative estimate of drug-likeness (QED) is 0.410. The van der Waals surface area contributed by atoms with Gasteiger partial charge in [-0.15, -0.1) is 16.1 Å². The molecule has 10 heteroatoms. The average Bonchev–Trinajstić information content (AvgIpc) is 3.44. The van der Waals surface area contributed by atoms with E-state index in [2.05, 4.69) is 25.5 Å². The highest BCUT2D eigenvalue weighted by molar-refractivity contribution is 7.14. The molecule has 0 aliphatic heterocycles. The molecule has 1 aromatic carbocycles. The van der Waals surface area contributed by atoms with Crippen molar-refractivity contribution >= 4 is 45.3 Å². The van der Waals surface area contributed by atoms with Crippen molar-refractivity contribution in [1.82, 2.24) is 25.0 Å². The third-order valence-electron chi connectivity index (χ3n) is 5.03. The number of hydrogen-bond donors (Lipinski definition) is 2. The Balaban J connectivity index is 1.45. The number of hydrogen-bond acceptors (Lipinski definition) is 6. The largest absolute Gasteiger partial charge is 0.329 e. The van der Waals surface area contributed by atoms with Gasteiger partial charge in [-0.2, -0.15) is 10.2 Å². The van der Waals surface area contributed by atoms with Crippen molar-refractivity contribution in [2.24, 2.45) is 0 Å². The second-order valence-electron chi connectivity index (χ2n) is 6.98. The van der Waals surface area contributed by atoms with Gasteiger partial charge in [0.2, 0.25) is 0 Å². The van der Waals surface area contributed by atoms with E-state index in [9.17, 15) is 9.59 Å². The highest BCUT2D eigenvalue weighted by atomic mass is 35.5. The van der Waals surface area contributed by atoms with Crippen LogP contribution in [0.4, 0.5) is 5.69 Å². The van der Waals surface area contributed by atoms with Crippen molar-refractivity contribution in [2.75, 3.05) is 5.32 Å². The number of aromatic nitrogens is 5. The van der Waals surface area contributed by atoms with Crippen LogP contribution in [-0.2, 0) is 0 Å². The second kappa shape index (κ2) is 8.03. The van der Waals surface area contributed by atoms with E-state index in [4.69, 9.17) is 11.6 Å². The summed E-state index contributed by atoms with van der Waals surface area (Å²) >= 11 is 7.75. The molecule has 0 bridgehead atoms. The molecule has 0 saturated carbocycles. The Hall–Kier alpha value is -3.82. The molecule has 4 aromatic heterocycles. The number of H-pyrrole nitrogens is 1. The maximum Gasteiger partial charge on any atom is 0.256 e. The van der Waals surface area contributed by atoms with E-state index in [0.717, 1.165) is 21.4 Å². The first-order valence-corrected chi connectivity index (χ1v) is 10.8. The van der Waals surface area contributed by atoms with E-state index in [1.807, 2.05) is 30.5 Å². The fraction of sp³-hybridized carbons (Fsp3) is 0.0455. The van der Waals surface area contributed by atoms with Crippen molar-refractivity contribution in [1.29, 1.82) is 0 Å². The lowest BCUT2D eigenvalue weighted by molar-refractivity contribution is 0.102. The number of fused-ring (bicyclic) bond motifs is 1. The molecule has 8 nitrogen and oxygen atoms in total. The molecule has 0 radical (unpaired) electrons. The number of nitrogens with one attached hydrogen (secondary N) is 2. The standard InChI is InChI=1S/C22H15ClN6O2S/c1-12-17(11-32-19(12)15-3-2-4-16-14(15)5-6-24-21(16)30)22(31)28-13-9-18(23)20(25-10-13)29-26-7-8-27-29/h2-11H,1H3,(H,24,30)(H,28,31). The van der Waals surface area contributed by atoms with Gasteiger partial charge in [-0.1, -0.05) is 23.7 Å². The molecule has 0 unspecified atom stereocenters. The van der Waals surface area contributed by atoms with Crippen molar-refractivity contribution in [3.05, 3.63) is 87.0 Å². The summed E-state index contributed by atoms with van der Waals surface area (Å²) in [7, 11) is 0. The number of halogens is 1. The zero-order valence-corrected chi connectivity index (χ0v) is 18.2. The molecule has 32 heavy (non-hydrogen) atoms. The van der Waals surface area contributed by atoms with Gasteiger partial charge in [0.25, 0.3) is 11.5 Å². The zero-order valence-electron chi connectivity index (χ0n) is 16.7. The first-order valence-electron chi connectivity index (χ1n) is 9.55. The van der Waals surface area contributed by atoms with E-state index in [-0.39, 0.29) is 11.5 Å². The number of rotatable bonds is 4. The lowest BCUT2D eigenvalue weighted by Crippen LogP contribution is -2.13. The molecule has 0 spiro atoms. The molecule has 4 heterocycles. The monoisotopic (exact) mass is 462 g/mol. The van der Waals surface area contributed by atoms with Crippen LogP contribution in [0.5, 0.6) is 0 Å². The Morgan fingerprint density at radius 2 is 2.00 bits per heavy atom. The number of benzene rings is 1. The molecule has 0 fully saturated rings. The minimum Gasteiger partial charge on any atom is -0.329 e. The van der Waals surface area contributed by atoms with Crippen LogP contribution in [-0.4, -0.2) is 30.9 Å². The predicted molar refractivity (Wildman–Crippen MR) is 125 cm³/mol. The second-order valence-corrected chi connectivity index (χ2v) is 8.27. The number of aromatic amines is 1. The summed E-state index contributed by atoms with van der Waals surface area (Å²) in [6.45, 7) is 1.89. The Bertz CT molecular complexity index is 1520. The molecule has 5 aromatic rings. The van der Waals surface area contributed by atoms with Gasteiger partial charge in [-0.25, -0.2) is 4.98 Å². The Labute approximate surface area is 190 Å². The lowest BCUT2D eigenvalue weighted by atomic mass is 10.0. The molecule has 0 saturated heterocycles. The first-order chi connectivity index (χ1) is 15.5. The van der Waals surface area contributed by atoms with Crippen molar-refractivity contribution < 1.29 is 4.79 Å². The highest BCUT2D eigenvalue weighted by Crippen LogP contribution is 2.36. The Morgan fingerprint density at radius 3 is 2.78 bits per heavy atom. The van der Waals surface area contributed by atoms with Gasteiger partial charge in [0.1, 0.15) is 0 Å². The van der Waals surface area contributed by atoms with Crippen LogP contribution in [0, 0.1) is 6.92 Å².